The summed E-state index contributed by atoms with van der Waals surface area (Å²) in [6, 6.07) is 24.3. The molecule has 1 aliphatic rings. The SMILES string of the molecule is CC(C)(c1ccc(OC2=CCC([NH3+])C=C2)cc1)c1ccc(Oc2ccc(N)cc2)cc1. The average Bonchev–Trinajstić information content (AvgIpc) is 2.78. The van der Waals surface area contributed by atoms with Crippen LogP contribution in [0.25, 0.3) is 0 Å². The first-order valence-corrected chi connectivity index (χ1v) is 10.5. The summed E-state index contributed by atoms with van der Waals surface area (Å²) >= 11 is 0. The van der Waals surface area contributed by atoms with E-state index < -0.39 is 0 Å². The first-order chi connectivity index (χ1) is 14.9. The van der Waals surface area contributed by atoms with Gasteiger partial charge in [-0.2, -0.15) is 0 Å². The molecule has 0 saturated heterocycles. The van der Waals surface area contributed by atoms with Crippen LogP contribution in [0.3, 0.4) is 0 Å². The Kier molecular flexibility index (Phi) is 5.83. The van der Waals surface area contributed by atoms with Gasteiger partial charge in [-0.05, 0) is 77.9 Å². The largest absolute Gasteiger partial charge is 0.458 e. The highest BCUT2D eigenvalue weighted by atomic mass is 16.5. The fourth-order valence-corrected chi connectivity index (χ4v) is 3.57. The minimum absolute atomic E-state index is 0.149. The van der Waals surface area contributed by atoms with Gasteiger partial charge in [0.15, 0.2) is 0 Å². The Bertz CT molecular complexity index is 1080. The highest BCUT2D eigenvalue weighted by molar-refractivity contribution is 5.45. The van der Waals surface area contributed by atoms with Crippen molar-refractivity contribution < 1.29 is 15.2 Å². The molecule has 0 amide bonds. The smallest absolute Gasteiger partial charge is 0.127 e. The molecule has 0 heterocycles. The number of ether oxygens (including phenoxy) is 2. The maximum Gasteiger partial charge on any atom is 0.127 e. The molecular formula is C27H29N2O2+. The molecule has 0 fully saturated rings. The van der Waals surface area contributed by atoms with E-state index >= 15 is 0 Å². The van der Waals surface area contributed by atoms with Gasteiger partial charge < -0.3 is 20.9 Å². The topological polar surface area (TPSA) is 72.1 Å². The van der Waals surface area contributed by atoms with Crippen LogP contribution < -0.4 is 20.9 Å². The Hall–Kier alpha value is -3.50. The van der Waals surface area contributed by atoms with Gasteiger partial charge in [0.05, 0.1) is 0 Å². The molecule has 0 radical (unpaired) electrons. The molecule has 1 aliphatic carbocycles. The molecular weight excluding hydrogens is 384 g/mol. The fourth-order valence-electron chi connectivity index (χ4n) is 3.57. The Morgan fingerprint density at radius 3 is 1.74 bits per heavy atom. The van der Waals surface area contributed by atoms with Crippen molar-refractivity contribution in [2.45, 2.75) is 31.7 Å². The van der Waals surface area contributed by atoms with E-state index in [1.807, 2.05) is 54.6 Å². The van der Waals surface area contributed by atoms with Crippen LogP contribution in [0.15, 0.2) is 96.8 Å². The molecule has 3 aromatic carbocycles. The lowest BCUT2D eigenvalue weighted by molar-refractivity contribution is -0.402. The van der Waals surface area contributed by atoms with E-state index in [1.165, 1.54) is 11.1 Å². The predicted molar refractivity (Wildman–Crippen MR) is 125 cm³/mol. The van der Waals surface area contributed by atoms with Crippen molar-refractivity contribution in [1.82, 2.24) is 0 Å². The molecule has 1 atom stereocenters. The lowest BCUT2D eigenvalue weighted by Crippen LogP contribution is -2.59. The molecule has 4 heteroatoms. The second-order valence-corrected chi connectivity index (χ2v) is 8.41. The van der Waals surface area contributed by atoms with Crippen LogP contribution in [0.1, 0.15) is 31.4 Å². The number of allylic oxidation sites excluding steroid dienone is 1. The highest BCUT2D eigenvalue weighted by Crippen LogP contribution is 2.34. The number of rotatable bonds is 6. The number of nitrogens with two attached hydrogens (primary N) is 1. The standard InChI is InChI=1S/C27H28N2O2/c1-27(2,19-3-11-23(12-4-19)30-25-15-7-21(28)8-16-25)20-5-13-24(14-6-20)31-26-17-9-22(29)10-18-26/h3-9,11-18,22H,10,28-29H2,1-2H3/p+1. The van der Waals surface area contributed by atoms with E-state index in [9.17, 15) is 0 Å². The Morgan fingerprint density at radius 1 is 0.774 bits per heavy atom. The Balaban J connectivity index is 1.44. The third-order valence-corrected chi connectivity index (χ3v) is 5.66. The van der Waals surface area contributed by atoms with Crippen LogP contribution in [0.4, 0.5) is 5.69 Å². The minimum Gasteiger partial charge on any atom is -0.458 e. The molecule has 1 unspecified atom stereocenters. The van der Waals surface area contributed by atoms with Crippen LogP contribution in [0, 0.1) is 0 Å². The van der Waals surface area contributed by atoms with Crippen LogP contribution in [-0.4, -0.2) is 6.04 Å². The summed E-state index contributed by atoms with van der Waals surface area (Å²) in [6.07, 6.45) is 7.07. The summed E-state index contributed by atoms with van der Waals surface area (Å²) in [5, 5.41) is 0. The van der Waals surface area contributed by atoms with E-state index in [2.05, 4.69) is 56.0 Å². The molecule has 0 spiro atoms. The quantitative estimate of drug-likeness (QED) is 0.544. The number of hydrogen-bond donors (Lipinski definition) is 2. The molecule has 4 nitrogen and oxygen atoms in total. The van der Waals surface area contributed by atoms with Crippen molar-refractivity contribution in [2.75, 3.05) is 5.73 Å². The van der Waals surface area contributed by atoms with Gasteiger partial charge in [0.1, 0.15) is 29.0 Å². The van der Waals surface area contributed by atoms with Crippen molar-refractivity contribution in [1.29, 1.82) is 0 Å². The number of benzene rings is 3. The Morgan fingerprint density at radius 2 is 1.26 bits per heavy atom. The van der Waals surface area contributed by atoms with Crippen LogP contribution in [-0.2, 0) is 5.41 Å². The van der Waals surface area contributed by atoms with Gasteiger partial charge in [-0.1, -0.05) is 38.1 Å². The molecule has 0 saturated carbocycles. The zero-order chi connectivity index (χ0) is 21.8. The van der Waals surface area contributed by atoms with Crippen LogP contribution >= 0.6 is 0 Å². The summed E-state index contributed by atoms with van der Waals surface area (Å²) in [5.74, 6) is 3.28. The maximum atomic E-state index is 5.98. The molecule has 0 bridgehead atoms. The second kappa shape index (κ2) is 8.70. The van der Waals surface area contributed by atoms with E-state index in [1.54, 1.807) is 0 Å². The van der Waals surface area contributed by atoms with Crippen molar-refractivity contribution >= 4 is 5.69 Å². The second-order valence-electron chi connectivity index (χ2n) is 8.41. The summed E-state index contributed by atoms with van der Waals surface area (Å²) in [6.45, 7) is 4.44. The van der Waals surface area contributed by atoms with E-state index in [4.69, 9.17) is 15.2 Å². The molecule has 4 rings (SSSR count). The van der Waals surface area contributed by atoms with Gasteiger partial charge >= 0.3 is 0 Å². The molecule has 5 N–H and O–H groups in total. The summed E-state index contributed by atoms with van der Waals surface area (Å²) in [4.78, 5) is 0. The zero-order valence-corrected chi connectivity index (χ0v) is 18.0. The number of anilines is 1. The van der Waals surface area contributed by atoms with Gasteiger partial charge in [0.2, 0.25) is 0 Å². The normalized spacial score (nSPS) is 16.0. The van der Waals surface area contributed by atoms with E-state index in [-0.39, 0.29) is 5.41 Å². The van der Waals surface area contributed by atoms with Crippen molar-refractivity contribution in [2.24, 2.45) is 0 Å². The lowest BCUT2D eigenvalue weighted by Gasteiger charge is -2.26. The summed E-state index contributed by atoms with van der Waals surface area (Å²) < 4.78 is 11.9. The van der Waals surface area contributed by atoms with Gasteiger partial charge in [0, 0.05) is 17.5 Å². The molecule has 3 aromatic rings. The van der Waals surface area contributed by atoms with E-state index in [0.717, 1.165) is 35.1 Å². The number of quaternary nitrogens is 1. The highest BCUT2D eigenvalue weighted by Gasteiger charge is 2.23. The van der Waals surface area contributed by atoms with E-state index in [0.29, 0.717) is 6.04 Å². The van der Waals surface area contributed by atoms with Gasteiger partial charge in [0.25, 0.3) is 0 Å². The first kappa shape index (κ1) is 20.8. The fraction of sp³-hybridized carbons (Fsp3) is 0.185. The van der Waals surface area contributed by atoms with Gasteiger partial charge in [-0.15, -0.1) is 0 Å². The lowest BCUT2D eigenvalue weighted by atomic mass is 9.78. The Labute approximate surface area is 183 Å². The molecule has 0 aromatic heterocycles. The maximum absolute atomic E-state index is 5.98. The van der Waals surface area contributed by atoms with Crippen LogP contribution in [0.2, 0.25) is 0 Å². The molecule has 31 heavy (non-hydrogen) atoms. The average molecular weight is 414 g/mol. The monoisotopic (exact) mass is 413 g/mol. The third kappa shape index (κ3) is 4.98. The summed E-state index contributed by atoms with van der Waals surface area (Å²) in [5.41, 5.74) is 12.8. The minimum atomic E-state index is -0.149. The number of nitrogen functional groups attached to an aromatic ring is 1. The van der Waals surface area contributed by atoms with Crippen LogP contribution in [0.5, 0.6) is 17.2 Å². The summed E-state index contributed by atoms with van der Waals surface area (Å²) in [7, 11) is 0. The first-order valence-electron chi connectivity index (χ1n) is 10.5. The van der Waals surface area contributed by atoms with Gasteiger partial charge in [-0.3, -0.25) is 0 Å². The molecule has 158 valence electrons. The predicted octanol–water partition coefficient (Wildman–Crippen LogP) is 5.22. The number of hydrogen-bond acceptors (Lipinski definition) is 3. The third-order valence-electron chi connectivity index (χ3n) is 5.66. The van der Waals surface area contributed by atoms with Crippen molar-refractivity contribution in [3.05, 3.63) is 108 Å². The van der Waals surface area contributed by atoms with Crippen molar-refractivity contribution in [3.63, 3.8) is 0 Å². The van der Waals surface area contributed by atoms with Gasteiger partial charge in [-0.25, -0.2) is 0 Å². The van der Waals surface area contributed by atoms with Crippen molar-refractivity contribution in [3.8, 4) is 17.2 Å². The molecule has 0 aliphatic heterocycles. The zero-order valence-electron chi connectivity index (χ0n) is 18.0.